The van der Waals surface area contributed by atoms with E-state index < -0.39 is 12.1 Å². The van der Waals surface area contributed by atoms with Crippen LogP contribution in [0.5, 0.6) is 17.8 Å². The maximum absolute atomic E-state index is 12.0. The van der Waals surface area contributed by atoms with Gasteiger partial charge >= 0.3 is 12.0 Å². The number of aromatic nitrogens is 2. The lowest BCUT2D eigenvalue weighted by Crippen LogP contribution is -2.21. The predicted molar refractivity (Wildman–Crippen MR) is 84.7 cm³/mol. The van der Waals surface area contributed by atoms with Crippen LogP contribution in [0, 0.1) is 0 Å². The number of hydrogen-bond donors (Lipinski definition) is 0. The average molecular weight is 383 g/mol. The number of benzene rings is 1. The first kappa shape index (κ1) is 17.0. The third kappa shape index (κ3) is 4.32. The van der Waals surface area contributed by atoms with Crippen molar-refractivity contribution in [3.63, 3.8) is 0 Å². The number of rotatable bonds is 6. The van der Waals surface area contributed by atoms with Crippen LogP contribution in [0.2, 0.25) is 0 Å². The summed E-state index contributed by atoms with van der Waals surface area (Å²) in [5.41, 5.74) is 0.602. The van der Waals surface area contributed by atoms with E-state index in [-0.39, 0.29) is 17.8 Å². The van der Waals surface area contributed by atoms with Gasteiger partial charge in [-0.2, -0.15) is 9.97 Å². The van der Waals surface area contributed by atoms with E-state index in [9.17, 15) is 4.79 Å². The Hall–Kier alpha value is -2.35. The van der Waals surface area contributed by atoms with Crippen LogP contribution in [0.15, 0.2) is 34.8 Å². The number of ether oxygens (including phenoxy) is 4. The first-order valence-corrected chi connectivity index (χ1v) is 7.33. The number of esters is 1. The zero-order chi connectivity index (χ0) is 16.8. The lowest BCUT2D eigenvalue weighted by Gasteiger charge is -2.16. The Balaban J connectivity index is 2.34. The second-order valence-corrected chi connectivity index (χ2v) is 5.22. The van der Waals surface area contributed by atoms with Crippen LogP contribution in [0.25, 0.3) is 0 Å². The molecule has 2 rings (SSSR count). The van der Waals surface area contributed by atoms with Gasteiger partial charge in [0, 0.05) is 10.0 Å². The summed E-state index contributed by atoms with van der Waals surface area (Å²) in [6.45, 7) is 0. The third-order valence-corrected chi connectivity index (χ3v) is 3.42. The monoisotopic (exact) mass is 382 g/mol. The number of methoxy groups -OCH3 is 3. The number of hydrogen-bond acceptors (Lipinski definition) is 7. The summed E-state index contributed by atoms with van der Waals surface area (Å²) in [7, 11) is 4.20. The summed E-state index contributed by atoms with van der Waals surface area (Å²) >= 11 is 3.34. The predicted octanol–water partition coefficient (Wildman–Crippen LogP) is 2.55. The molecular formula is C15H15BrN2O5. The fraction of sp³-hybridized carbons (Fsp3) is 0.267. The molecule has 0 radical (unpaired) electrons. The topological polar surface area (TPSA) is 79.8 Å². The van der Waals surface area contributed by atoms with Crippen LogP contribution < -0.4 is 14.2 Å². The average Bonchev–Trinajstić information content (AvgIpc) is 2.59. The van der Waals surface area contributed by atoms with E-state index in [1.54, 1.807) is 24.3 Å². The maximum Gasteiger partial charge on any atom is 0.351 e. The highest BCUT2D eigenvalue weighted by molar-refractivity contribution is 9.10. The van der Waals surface area contributed by atoms with Gasteiger partial charge in [0.25, 0.3) is 0 Å². The molecule has 1 atom stereocenters. The molecule has 0 spiro atoms. The molecule has 0 saturated heterocycles. The van der Waals surface area contributed by atoms with Crippen molar-refractivity contribution in [2.45, 2.75) is 6.10 Å². The standard InChI is InChI=1S/C15H15BrN2O5/c1-20-11-8-12(21-2)18-15(17-11)23-13(14(19)22-3)9-4-6-10(16)7-5-9/h4-8,13H,1-3H3. The molecule has 1 aromatic heterocycles. The minimum atomic E-state index is -1.01. The Morgan fingerprint density at radius 1 is 1.04 bits per heavy atom. The molecule has 0 bridgehead atoms. The maximum atomic E-state index is 12.0. The summed E-state index contributed by atoms with van der Waals surface area (Å²) in [6.07, 6.45) is -1.01. The van der Waals surface area contributed by atoms with E-state index in [0.29, 0.717) is 5.56 Å². The quantitative estimate of drug-likeness (QED) is 0.710. The van der Waals surface area contributed by atoms with Crippen LogP contribution in [0.3, 0.4) is 0 Å². The van der Waals surface area contributed by atoms with Crippen LogP contribution in [-0.4, -0.2) is 37.3 Å². The molecule has 0 fully saturated rings. The molecule has 2 aromatic rings. The molecule has 1 aromatic carbocycles. The van der Waals surface area contributed by atoms with Gasteiger partial charge in [-0.3, -0.25) is 0 Å². The first-order chi connectivity index (χ1) is 11.1. The number of nitrogens with zero attached hydrogens (tertiary/aromatic N) is 2. The highest BCUT2D eigenvalue weighted by Crippen LogP contribution is 2.25. The molecule has 0 aliphatic rings. The summed E-state index contributed by atoms with van der Waals surface area (Å²) in [5.74, 6) is -0.0600. The van der Waals surface area contributed by atoms with Crippen molar-refractivity contribution in [1.82, 2.24) is 9.97 Å². The highest BCUT2D eigenvalue weighted by atomic mass is 79.9. The van der Waals surface area contributed by atoms with E-state index in [0.717, 1.165) is 4.47 Å². The van der Waals surface area contributed by atoms with Gasteiger partial charge in [0.15, 0.2) is 0 Å². The van der Waals surface area contributed by atoms with E-state index in [1.807, 2.05) is 0 Å². The molecule has 0 aliphatic heterocycles. The van der Waals surface area contributed by atoms with Crippen LogP contribution in [0.1, 0.15) is 11.7 Å². The third-order valence-electron chi connectivity index (χ3n) is 2.89. The molecule has 7 nitrogen and oxygen atoms in total. The Bertz CT molecular complexity index is 656. The van der Waals surface area contributed by atoms with E-state index in [4.69, 9.17) is 18.9 Å². The van der Waals surface area contributed by atoms with Gasteiger partial charge in [-0.05, 0) is 12.1 Å². The van der Waals surface area contributed by atoms with Crippen molar-refractivity contribution in [2.75, 3.05) is 21.3 Å². The lowest BCUT2D eigenvalue weighted by atomic mass is 10.1. The first-order valence-electron chi connectivity index (χ1n) is 6.54. The van der Waals surface area contributed by atoms with E-state index in [2.05, 4.69) is 25.9 Å². The van der Waals surface area contributed by atoms with Crippen molar-refractivity contribution in [2.24, 2.45) is 0 Å². The molecule has 23 heavy (non-hydrogen) atoms. The van der Waals surface area contributed by atoms with Gasteiger partial charge in [0.2, 0.25) is 17.9 Å². The van der Waals surface area contributed by atoms with Crippen molar-refractivity contribution in [3.05, 3.63) is 40.4 Å². The van der Waals surface area contributed by atoms with Gasteiger partial charge < -0.3 is 18.9 Å². The fourth-order valence-electron chi connectivity index (χ4n) is 1.75. The van der Waals surface area contributed by atoms with Gasteiger partial charge in [-0.1, -0.05) is 28.1 Å². The molecule has 1 heterocycles. The van der Waals surface area contributed by atoms with Gasteiger partial charge in [-0.15, -0.1) is 0 Å². The molecule has 122 valence electrons. The minimum absolute atomic E-state index is 0.0560. The molecule has 0 aliphatic carbocycles. The molecule has 8 heteroatoms. The van der Waals surface area contributed by atoms with Crippen molar-refractivity contribution < 1.29 is 23.7 Å². The van der Waals surface area contributed by atoms with Gasteiger partial charge in [0.1, 0.15) is 0 Å². The second kappa shape index (κ2) is 7.77. The van der Waals surface area contributed by atoms with Crippen LogP contribution >= 0.6 is 15.9 Å². The largest absolute Gasteiger partial charge is 0.481 e. The Kier molecular flexibility index (Phi) is 5.75. The van der Waals surface area contributed by atoms with Crippen LogP contribution in [0.4, 0.5) is 0 Å². The lowest BCUT2D eigenvalue weighted by molar-refractivity contribution is -0.149. The van der Waals surface area contributed by atoms with Crippen molar-refractivity contribution >= 4 is 21.9 Å². The van der Waals surface area contributed by atoms with Crippen LogP contribution in [-0.2, 0) is 9.53 Å². The molecule has 0 saturated carbocycles. The smallest absolute Gasteiger partial charge is 0.351 e. The van der Waals surface area contributed by atoms with E-state index in [1.165, 1.54) is 27.4 Å². The zero-order valence-corrected chi connectivity index (χ0v) is 14.4. The summed E-state index contributed by atoms with van der Waals surface area (Å²) in [4.78, 5) is 20.1. The SMILES string of the molecule is COC(=O)C(Oc1nc(OC)cc(OC)n1)c1ccc(Br)cc1. The summed E-state index contributed by atoms with van der Waals surface area (Å²) in [5, 5.41) is 0. The summed E-state index contributed by atoms with van der Waals surface area (Å²) < 4.78 is 21.4. The Labute approximate surface area is 141 Å². The van der Waals surface area contributed by atoms with Gasteiger partial charge in [0.05, 0.1) is 27.4 Å². The number of carbonyl (C=O) groups excluding carboxylic acids is 1. The van der Waals surface area contributed by atoms with E-state index >= 15 is 0 Å². The molecule has 0 amide bonds. The second-order valence-electron chi connectivity index (χ2n) is 4.31. The minimum Gasteiger partial charge on any atom is -0.481 e. The Morgan fingerprint density at radius 3 is 2.09 bits per heavy atom. The van der Waals surface area contributed by atoms with Crippen molar-refractivity contribution in [3.8, 4) is 17.8 Å². The fourth-order valence-corrected chi connectivity index (χ4v) is 2.01. The molecule has 1 unspecified atom stereocenters. The molecule has 0 N–H and O–H groups in total. The van der Waals surface area contributed by atoms with Crippen molar-refractivity contribution in [1.29, 1.82) is 0 Å². The zero-order valence-electron chi connectivity index (χ0n) is 12.8. The highest BCUT2D eigenvalue weighted by Gasteiger charge is 2.25. The molecular weight excluding hydrogens is 368 g/mol. The van der Waals surface area contributed by atoms with Gasteiger partial charge in [-0.25, -0.2) is 4.79 Å². The number of halogens is 1. The Morgan fingerprint density at radius 2 is 1.61 bits per heavy atom. The normalized spacial score (nSPS) is 11.5. The summed E-state index contributed by atoms with van der Waals surface area (Å²) in [6, 6.07) is 8.51. The number of carbonyl (C=O) groups is 1.